The molecule has 0 aliphatic carbocycles. The molecule has 0 spiro atoms. The SMILES string of the molecule is C[C@H](N1CCN(C(=O)NCCc2cccc(O)c2)CC1)C(F)(F)F. The van der Waals surface area contributed by atoms with Crippen LogP contribution < -0.4 is 5.32 Å². The van der Waals surface area contributed by atoms with E-state index in [1.165, 1.54) is 9.80 Å². The van der Waals surface area contributed by atoms with Gasteiger partial charge in [-0.2, -0.15) is 13.2 Å². The zero-order chi connectivity index (χ0) is 17.7. The van der Waals surface area contributed by atoms with Gasteiger partial charge in [-0.3, -0.25) is 4.90 Å². The normalized spacial score (nSPS) is 17.6. The highest BCUT2D eigenvalue weighted by molar-refractivity contribution is 5.74. The monoisotopic (exact) mass is 345 g/mol. The molecule has 1 atom stereocenters. The fourth-order valence-electron chi connectivity index (χ4n) is 2.66. The number of halogens is 3. The lowest BCUT2D eigenvalue weighted by Crippen LogP contribution is -2.56. The van der Waals surface area contributed by atoms with Gasteiger partial charge in [-0.1, -0.05) is 12.1 Å². The molecule has 2 N–H and O–H groups in total. The minimum atomic E-state index is -4.24. The van der Waals surface area contributed by atoms with Crippen LogP contribution in [-0.4, -0.2) is 65.9 Å². The van der Waals surface area contributed by atoms with Crippen molar-refractivity contribution in [3.8, 4) is 5.75 Å². The summed E-state index contributed by atoms with van der Waals surface area (Å²) in [6.07, 6.45) is -3.67. The van der Waals surface area contributed by atoms with E-state index in [0.717, 1.165) is 12.5 Å². The van der Waals surface area contributed by atoms with Gasteiger partial charge in [-0.15, -0.1) is 0 Å². The van der Waals surface area contributed by atoms with E-state index in [0.29, 0.717) is 13.0 Å². The second-order valence-electron chi connectivity index (χ2n) is 5.89. The maximum absolute atomic E-state index is 12.7. The van der Waals surface area contributed by atoms with Crippen LogP contribution in [0, 0.1) is 0 Å². The molecule has 0 unspecified atom stereocenters. The summed E-state index contributed by atoms with van der Waals surface area (Å²) in [7, 11) is 0. The van der Waals surface area contributed by atoms with Gasteiger partial charge in [0.25, 0.3) is 0 Å². The topological polar surface area (TPSA) is 55.8 Å². The Balaban J connectivity index is 1.73. The minimum absolute atomic E-state index is 0.175. The largest absolute Gasteiger partial charge is 0.508 e. The molecular formula is C16H22F3N3O2. The summed E-state index contributed by atoms with van der Waals surface area (Å²) in [5.41, 5.74) is 0.902. The quantitative estimate of drug-likeness (QED) is 0.880. The summed E-state index contributed by atoms with van der Waals surface area (Å²) < 4.78 is 38.1. The number of nitrogens with one attached hydrogen (secondary N) is 1. The van der Waals surface area contributed by atoms with Crippen molar-refractivity contribution in [1.29, 1.82) is 0 Å². The molecule has 1 aromatic rings. The molecule has 1 fully saturated rings. The standard InChI is InChI=1S/C16H22F3N3O2/c1-12(16(17,18)19)21-7-9-22(10-8-21)15(24)20-6-5-13-3-2-4-14(23)11-13/h2-4,11-12,23H,5-10H2,1H3,(H,20,24)/t12-/m0/s1. The highest BCUT2D eigenvalue weighted by atomic mass is 19.4. The van der Waals surface area contributed by atoms with Gasteiger partial charge in [0.1, 0.15) is 11.8 Å². The van der Waals surface area contributed by atoms with Crippen molar-refractivity contribution in [3.63, 3.8) is 0 Å². The van der Waals surface area contributed by atoms with E-state index in [1.807, 2.05) is 6.07 Å². The first-order valence-electron chi connectivity index (χ1n) is 7.89. The third kappa shape index (κ3) is 5.02. The van der Waals surface area contributed by atoms with Crippen LogP contribution in [0.25, 0.3) is 0 Å². The van der Waals surface area contributed by atoms with Crippen LogP contribution in [0.15, 0.2) is 24.3 Å². The van der Waals surface area contributed by atoms with E-state index in [1.54, 1.807) is 18.2 Å². The number of benzene rings is 1. The summed E-state index contributed by atoms with van der Waals surface area (Å²) >= 11 is 0. The maximum atomic E-state index is 12.7. The number of phenols is 1. The predicted molar refractivity (Wildman–Crippen MR) is 83.9 cm³/mol. The Labute approximate surface area is 139 Å². The van der Waals surface area contributed by atoms with Crippen LogP contribution in [0.1, 0.15) is 12.5 Å². The van der Waals surface area contributed by atoms with Crippen molar-refractivity contribution in [2.75, 3.05) is 32.7 Å². The fraction of sp³-hybridized carbons (Fsp3) is 0.562. The van der Waals surface area contributed by atoms with E-state index >= 15 is 0 Å². The van der Waals surface area contributed by atoms with Gasteiger partial charge in [0.2, 0.25) is 0 Å². The molecule has 1 heterocycles. The Morgan fingerprint density at radius 3 is 2.54 bits per heavy atom. The summed E-state index contributed by atoms with van der Waals surface area (Å²) in [6, 6.07) is 5.02. The van der Waals surface area contributed by atoms with Crippen LogP contribution >= 0.6 is 0 Å². The van der Waals surface area contributed by atoms with Gasteiger partial charge < -0.3 is 15.3 Å². The Morgan fingerprint density at radius 1 is 1.29 bits per heavy atom. The highest BCUT2D eigenvalue weighted by Crippen LogP contribution is 2.25. The van der Waals surface area contributed by atoms with Crippen molar-refractivity contribution in [1.82, 2.24) is 15.1 Å². The first kappa shape index (κ1) is 18.4. The summed E-state index contributed by atoms with van der Waals surface area (Å²) in [5.74, 6) is 0.175. The number of urea groups is 1. The van der Waals surface area contributed by atoms with Crippen LogP contribution in [0.4, 0.5) is 18.0 Å². The zero-order valence-electron chi connectivity index (χ0n) is 13.5. The van der Waals surface area contributed by atoms with Gasteiger partial charge in [-0.25, -0.2) is 4.79 Å². The highest BCUT2D eigenvalue weighted by Gasteiger charge is 2.41. The van der Waals surface area contributed by atoms with Gasteiger partial charge in [0.15, 0.2) is 0 Å². The smallest absolute Gasteiger partial charge is 0.403 e. The third-order valence-electron chi connectivity index (χ3n) is 4.22. The van der Waals surface area contributed by atoms with E-state index in [4.69, 9.17) is 0 Å². The molecule has 1 aliphatic heterocycles. The average molecular weight is 345 g/mol. The lowest BCUT2D eigenvalue weighted by atomic mass is 10.1. The molecule has 134 valence electrons. The molecule has 5 nitrogen and oxygen atoms in total. The molecule has 24 heavy (non-hydrogen) atoms. The molecule has 0 saturated carbocycles. The van der Waals surface area contributed by atoms with Gasteiger partial charge in [-0.05, 0) is 31.0 Å². The van der Waals surface area contributed by atoms with E-state index in [9.17, 15) is 23.1 Å². The second kappa shape index (κ2) is 7.74. The molecule has 1 aromatic carbocycles. The lowest BCUT2D eigenvalue weighted by molar-refractivity contribution is -0.181. The summed E-state index contributed by atoms with van der Waals surface area (Å²) in [6.45, 7) is 2.52. The van der Waals surface area contributed by atoms with Gasteiger partial charge in [0, 0.05) is 32.7 Å². The Bertz CT molecular complexity index is 558. The number of rotatable bonds is 4. The number of carbonyl (C=O) groups is 1. The number of aromatic hydroxyl groups is 1. The molecule has 1 aliphatic rings. The maximum Gasteiger partial charge on any atom is 0.403 e. The van der Waals surface area contributed by atoms with Gasteiger partial charge >= 0.3 is 12.2 Å². The van der Waals surface area contributed by atoms with Crippen LogP contribution in [0.2, 0.25) is 0 Å². The molecule has 8 heteroatoms. The number of hydrogen-bond donors (Lipinski definition) is 2. The van der Waals surface area contributed by atoms with E-state index in [-0.39, 0.29) is 38.0 Å². The number of phenolic OH excluding ortho intramolecular Hbond substituents is 1. The first-order valence-corrected chi connectivity index (χ1v) is 7.89. The molecule has 1 saturated heterocycles. The number of alkyl halides is 3. The van der Waals surface area contributed by atoms with Crippen LogP contribution in [0.3, 0.4) is 0 Å². The van der Waals surface area contributed by atoms with Crippen LogP contribution in [0.5, 0.6) is 5.75 Å². The number of nitrogens with zero attached hydrogens (tertiary/aromatic N) is 2. The second-order valence-corrected chi connectivity index (χ2v) is 5.89. The van der Waals surface area contributed by atoms with E-state index < -0.39 is 12.2 Å². The number of amides is 2. The average Bonchev–Trinajstić information content (AvgIpc) is 2.53. The van der Waals surface area contributed by atoms with E-state index in [2.05, 4.69) is 5.32 Å². The molecule has 0 aromatic heterocycles. The number of piperazine rings is 1. The number of hydrogen-bond acceptors (Lipinski definition) is 3. The Kier molecular flexibility index (Phi) is 5.93. The summed E-state index contributed by atoms with van der Waals surface area (Å²) in [5, 5.41) is 12.1. The minimum Gasteiger partial charge on any atom is -0.508 e. The lowest BCUT2D eigenvalue weighted by Gasteiger charge is -2.38. The Hall–Kier alpha value is -1.96. The van der Waals surface area contributed by atoms with Crippen molar-refractivity contribution in [2.45, 2.75) is 25.6 Å². The predicted octanol–water partition coefficient (Wildman–Crippen LogP) is 2.21. The van der Waals surface area contributed by atoms with Gasteiger partial charge in [0.05, 0.1) is 0 Å². The van der Waals surface area contributed by atoms with Crippen molar-refractivity contribution >= 4 is 6.03 Å². The third-order valence-corrected chi connectivity index (χ3v) is 4.22. The Morgan fingerprint density at radius 2 is 1.96 bits per heavy atom. The molecule has 2 amide bonds. The zero-order valence-corrected chi connectivity index (χ0v) is 13.5. The summed E-state index contributed by atoms with van der Waals surface area (Å²) in [4.78, 5) is 14.9. The fourth-order valence-corrected chi connectivity index (χ4v) is 2.66. The number of carbonyl (C=O) groups excluding carboxylic acids is 1. The molecule has 0 radical (unpaired) electrons. The van der Waals surface area contributed by atoms with Crippen molar-refractivity contribution in [2.24, 2.45) is 0 Å². The molecule has 0 bridgehead atoms. The van der Waals surface area contributed by atoms with Crippen molar-refractivity contribution in [3.05, 3.63) is 29.8 Å². The molecular weight excluding hydrogens is 323 g/mol. The molecule has 2 rings (SSSR count). The van der Waals surface area contributed by atoms with Crippen molar-refractivity contribution < 1.29 is 23.1 Å². The first-order chi connectivity index (χ1) is 11.3. The van der Waals surface area contributed by atoms with Crippen LogP contribution in [-0.2, 0) is 6.42 Å².